The third-order valence-corrected chi connectivity index (χ3v) is 6.88. The fourth-order valence-electron chi connectivity index (χ4n) is 5.12. The van der Waals surface area contributed by atoms with Gasteiger partial charge in [-0.1, -0.05) is 65.8 Å². The van der Waals surface area contributed by atoms with E-state index in [1.54, 1.807) is 11.9 Å². The summed E-state index contributed by atoms with van der Waals surface area (Å²) in [7, 11) is 1.77. The van der Waals surface area contributed by atoms with Crippen molar-refractivity contribution in [3.63, 3.8) is 0 Å². The number of carbonyl (C=O) groups is 2. The molecule has 3 atom stereocenters. The van der Waals surface area contributed by atoms with Crippen molar-refractivity contribution in [2.24, 2.45) is 0 Å². The van der Waals surface area contributed by atoms with Crippen molar-refractivity contribution in [1.82, 2.24) is 25.3 Å². The molecule has 1 aromatic heterocycles. The highest BCUT2D eigenvalue weighted by Crippen LogP contribution is 2.35. The molecule has 2 saturated heterocycles. The quantitative estimate of drug-likeness (QED) is 0.610. The molecule has 2 fully saturated rings. The molecule has 0 spiro atoms. The largest absolute Gasteiger partial charge is 0.340 e. The molecule has 0 saturated carbocycles. The smallest absolute Gasteiger partial charge is 0.295 e. The topological polar surface area (TPSA) is 91.6 Å². The molecule has 0 bridgehead atoms. The van der Waals surface area contributed by atoms with Crippen molar-refractivity contribution >= 4 is 11.8 Å². The molecule has 2 aliphatic heterocycles. The molecule has 0 radical (unpaired) electrons. The van der Waals surface area contributed by atoms with Gasteiger partial charge < -0.3 is 19.6 Å². The van der Waals surface area contributed by atoms with Crippen LogP contribution in [-0.2, 0) is 11.3 Å². The van der Waals surface area contributed by atoms with Gasteiger partial charge in [0.2, 0.25) is 11.8 Å². The lowest BCUT2D eigenvalue weighted by molar-refractivity contribution is -0.134. The lowest BCUT2D eigenvalue weighted by atomic mass is 9.96. The summed E-state index contributed by atoms with van der Waals surface area (Å²) in [5.74, 6) is 0.390. The maximum absolute atomic E-state index is 13.7. The van der Waals surface area contributed by atoms with E-state index in [1.807, 2.05) is 41.3 Å². The predicted molar refractivity (Wildman–Crippen MR) is 126 cm³/mol. The number of likely N-dealkylation sites (tertiary alicyclic amines) is 2. The van der Waals surface area contributed by atoms with Crippen LogP contribution in [0.15, 0.2) is 65.2 Å². The zero-order chi connectivity index (χ0) is 23.5. The molecule has 1 unspecified atom stereocenters. The van der Waals surface area contributed by atoms with Crippen LogP contribution in [0.25, 0.3) is 0 Å². The molecule has 5 rings (SSSR count). The van der Waals surface area contributed by atoms with E-state index < -0.39 is 6.04 Å². The summed E-state index contributed by atoms with van der Waals surface area (Å²) < 4.78 is 5.19. The number of hydrogen-bond acceptors (Lipinski definition) is 6. The molecule has 34 heavy (non-hydrogen) atoms. The highest BCUT2D eigenvalue weighted by Gasteiger charge is 2.44. The Morgan fingerprint density at radius 1 is 1.00 bits per heavy atom. The summed E-state index contributed by atoms with van der Waals surface area (Å²) in [6.07, 6.45) is 1.51. The molecule has 2 amide bonds. The maximum Gasteiger partial charge on any atom is 0.295 e. The highest BCUT2D eigenvalue weighted by atomic mass is 16.5. The molecule has 0 aliphatic carbocycles. The molecule has 3 heterocycles. The molecule has 2 aromatic carbocycles. The van der Waals surface area contributed by atoms with Crippen molar-refractivity contribution in [3.8, 4) is 0 Å². The van der Waals surface area contributed by atoms with Crippen LogP contribution >= 0.6 is 0 Å². The fraction of sp³-hybridized carbons (Fsp3) is 0.385. The first kappa shape index (κ1) is 22.3. The van der Waals surface area contributed by atoms with Gasteiger partial charge in [0.15, 0.2) is 0 Å². The average Bonchev–Trinajstić information content (AvgIpc) is 3.64. The third kappa shape index (κ3) is 4.46. The molecule has 2 aliphatic rings. The van der Waals surface area contributed by atoms with Gasteiger partial charge in [0, 0.05) is 31.5 Å². The highest BCUT2D eigenvalue weighted by molar-refractivity contribution is 5.95. The van der Waals surface area contributed by atoms with Gasteiger partial charge in [-0.15, -0.1) is 0 Å². The second-order valence-corrected chi connectivity index (χ2v) is 9.04. The minimum Gasteiger partial charge on any atom is -0.340 e. The normalized spacial score (nSPS) is 22.3. The Labute approximate surface area is 198 Å². The Kier molecular flexibility index (Phi) is 6.40. The van der Waals surface area contributed by atoms with E-state index in [0.29, 0.717) is 44.4 Å². The Hall–Kier alpha value is -3.52. The van der Waals surface area contributed by atoms with Gasteiger partial charge in [-0.05, 0) is 31.0 Å². The zero-order valence-corrected chi connectivity index (χ0v) is 19.3. The van der Waals surface area contributed by atoms with Crippen LogP contribution in [0.5, 0.6) is 0 Å². The number of nitrogens with zero attached hydrogens (tertiary/aromatic N) is 4. The van der Waals surface area contributed by atoms with E-state index >= 15 is 0 Å². The van der Waals surface area contributed by atoms with Gasteiger partial charge in [0.1, 0.15) is 6.04 Å². The lowest BCUT2D eigenvalue weighted by Crippen LogP contribution is -2.47. The van der Waals surface area contributed by atoms with Crippen LogP contribution in [0, 0.1) is 0 Å². The SMILES string of the molecule is CNCc1nc(C(=O)N2C[C@@H](c3ccccc3)C[C@H]2C(=O)N2CCC(c3ccccc3)C2)no1. The standard InChI is InChI=1S/C26H29N5O3/c1-27-15-23-28-24(29-34-23)26(33)31-17-21(19-10-6-3-7-11-19)14-22(31)25(32)30-13-12-20(16-30)18-8-4-2-5-9-18/h2-11,20-22,27H,12-17H2,1H3/t20?,21-,22-/m0/s1. The van der Waals surface area contributed by atoms with E-state index in [-0.39, 0.29) is 23.6 Å². The van der Waals surface area contributed by atoms with E-state index in [1.165, 1.54) is 5.56 Å². The Morgan fingerprint density at radius 2 is 1.68 bits per heavy atom. The summed E-state index contributed by atoms with van der Waals surface area (Å²) >= 11 is 0. The number of amides is 2. The second kappa shape index (κ2) is 9.77. The predicted octanol–water partition coefficient (Wildman–Crippen LogP) is 2.80. The number of nitrogens with one attached hydrogen (secondary N) is 1. The second-order valence-electron chi connectivity index (χ2n) is 9.04. The van der Waals surface area contributed by atoms with Crippen LogP contribution in [0.4, 0.5) is 0 Å². The molecule has 8 heteroatoms. The molecular weight excluding hydrogens is 430 g/mol. The van der Waals surface area contributed by atoms with Crippen molar-refractivity contribution in [1.29, 1.82) is 0 Å². The van der Waals surface area contributed by atoms with Crippen molar-refractivity contribution in [2.75, 3.05) is 26.7 Å². The Balaban J connectivity index is 1.37. The van der Waals surface area contributed by atoms with Crippen molar-refractivity contribution < 1.29 is 14.1 Å². The van der Waals surface area contributed by atoms with Crippen LogP contribution < -0.4 is 5.32 Å². The lowest BCUT2D eigenvalue weighted by Gasteiger charge is -2.27. The fourth-order valence-corrected chi connectivity index (χ4v) is 5.12. The van der Waals surface area contributed by atoms with Crippen LogP contribution in [0.1, 0.15) is 52.3 Å². The van der Waals surface area contributed by atoms with Gasteiger partial charge in [-0.3, -0.25) is 9.59 Å². The molecule has 1 N–H and O–H groups in total. The summed E-state index contributed by atoms with van der Waals surface area (Å²) in [5.41, 5.74) is 2.38. The van der Waals surface area contributed by atoms with E-state index in [2.05, 4.69) is 39.7 Å². The first-order valence-corrected chi connectivity index (χ1v) is 11.8. The average molecular weight is 460 g/mol. The number of carbonyl (C=O) groups excluding carboxylic acids is 2. The van der Waals surface area contributed by atoms with Crippen LogP contribution in [-0.4, -0.2) is 64.5 Å². The van der Waals surface area contributed by atoms with Gasteiger partial charge in [0.25, 0.3) is 11.7 Å². The summed E-state index contributed by atoms with van der Waals surface area (Å²) in [5, 5.41) is 6.81. The van der Waals surface area contributed by atoms with Crippen molar-refractivity contribution in [2.45, 2.75) is 37.3 Å². The van der Waals surface area contributed by atoms with Gasteiger partial charge >= 0.3 is 0 Å². The first-order valence-electron chi connectivity index (χ1n) is 11.8. The maximum atomic E-state index is 13.7. The molecule has 176 valence electrons. The molecule has 8 nitrogen and oxygen atoms in total. The van der Waals surface area contributed by atoms with Gasteiger partial charge in [-0.2, -0.15) is 4.98 Å². The number of aromatic nitrogens is 2. The minimum absolute atomic E-state index is 0.000320. The number of rotatable bonds is 6. The summed E-state index contributed by atoms with van der Waals surface area (Å²) in [4.78, 5) is 34.9. The number of benzene rings is 2. The van der Waals surface area contributed by atoms with Crippen LogP contribution in [0.2, 0.25) is 0 Å². The van der Waals surface area contributed by atoms with E-state index in [0.717, 1.165) is 12.0 Å². The zero-order valence-electron chi connectivity index (χ0n) is 19.3. The van der Waals surface area contributed by atoms with Crippen LogP contribution in [0.3, 0.4) is 0 Å². The Bertz CT molecular complexity index is 1130. The van der Waals surface area contributed by atoms with Gasteiger partial charge in [-0.25, -0.2) is 0 Å². The minimum atomic E-state index is -0.543. The first-order chi connectivity index (χ1) is 16.6. The summed E-state index contributed by atoms with van der Waals surface area (Å²) in [6.45, 7) is 2.20. The molecular formula is C26H29N5O3. The molecule has 3 aromatic rings. The van der Waals surface area contributed by atoms with Gasteiger partial charge in [0.05, 0.1) is 6.54 Å². The third-order valence-electron chi connectivity index (χ3n) is 6.88. The number of hydrogen-bond donors (Lipinski definition) is 1. The summed E-state index contributed by atoms with van der Waals surface area (Å²) in [6, 6.07) is 19.8. The Morgan fingerprint density at radius 3 is 2.35 bits per heavy atom. The van der Waals surface area contributed by atoms with E-state index in [4.69, 9.17) is 4.52 Å². The van der Waals surface area contributed by atoms with Crippen molar-refractivity contribution in [3.05, 3.63) is 83.5 Å². The monoisotopic (exact) mass is 459 g/mol. The van der Waals surface area contributed by atoms with E-state index in [9.17, 15) is 9.59 Å².